The van der Waals surface area contributed by atoms with Gasteiger partial charge in [-0.1, -0.05) is 6.92 Å². The SMILES string of the molecule is CCCc1nc(C)cc(N2CCC(N3CCCC3)CC2)n1. The van der Waals surface area contributed by atoms with E-state index >= 15 is 0 Å². The van der Waals surface area contributed by atoms with Crippen LogP contribution in [0.3, 0.4) is 0 Å². The number of rotatable bonds is 4. The van der Waals surface area contributed by atoms with Crippen molar-refractivity contribution in [3.05, 3.63) is 17.6 Å². The molecule has 2 aliphatic heterocycles. The van der Waals surface area contributed by atoms with E-state index in [1.165, 1.54) is 38.8 Å². The van der Waals surface area contributed by atoms with Gasteiger partial charge in [0.1, 0.15) is 11.6 Å². The van der Waals surface area contributed by atoms with Crippen LogP contribution >= 0.6 is 0 Å². The van der Waals surface area contributed by atoms with Gasteiger partial charge < -0.3 is 9.80 Å². The lowest BCUT2D eigenvalue weighted by Crippen LogP contribution is -2.44. The first-order valence-corrected chi connectivity index (χ1v) is 8.60. The molecule has 0 saturated carbocycles. The van der Waals surface area contributed by atoms with Crippen molar-refractivity contribution in [2.45, 2.75) is 58.4 Å². The van der Waals surface area contributed by atoms with Gasteiger partial charge in [-0.05, 0) is 52.1 Å². The molecular formula is C17H28N4. The van der Waals surface area contributed by atoms with Crippen LogP contribution in [0.1, 0.15) is 50.5 Å². The molecule has 2 fully saturated rings. The predicted octanol–water partition coefficient (Wildman–Crippen LogP) is 2.80. The molecule has 2 saturated heterocycles. The summed E-state index contributed by atoms with van der Waals surface area (Å²) in [5.74, 6) is 2.15. The standard InChI is InChI=1S/C17H28N4/c1-3-6-16-18-14(2)13-17(19-16)21-11-7-15(8-12-21)20-9-4-5-10-20/h13,15H,3-12H2,1-2H3. The summed E-state index contributed by atoms with van der Waals surface area (Å²) in [5.41, 5.74) is 1.10. The van der Waals surface area contributed by atoms with Gasteiger partial charge in [0.25, 0.3) is 0 Å². The lowest BCUT2D eigenvalue weighted by Gasteiger charge is -2.37. The number of piperidine rings is 1. The van der Waals surface area contributed by atoms with E-state index in [0.29, 0.717) is 0 Å². The summed E-state index contributed by atoms with van der Waals surface area (Å²) in [4.78, 5) is 14.5. The maximum absolute atomic E-state index is 4.77. The molecule has 3 heterocycles. The number of aromatic nitrogens is 2. The largest absolute Gasteiger partial charge is 0.356 e. The molecule has 4 nitrogen and oxygen atoms in total. The first-order chi connectivity index (χ1) is 10.3. The van der Waals surface area contributed by atoms with Crippen molar-refractivity contribution in [2.75, 3.05) is 31.1 Å². The minimum Gasteiger partial charge on any atom is -0.356 e. The summed E-state index contributed by atoms with van der Waals surface area (Å²) in [7, 11) is 0. The average Bonchev–Trinajstić information content (AvgIpc) is 3.01. The van der Waals surface area contributed by atoms with Crippen molar-refractivity contribution < 1.29 is 0 Å². The monoisotopic (exact) mass is 288 g/mol. The van der Waals surface area contributed by atoms with E-state index in [2.05, 4.69) is 34.7 Å². The molecule has 0 spiro atoms. The Morgan fingerprint density at radius 1 is 1.10 bits per heavy atom. The maximum atomic E-state index is 4.77. The van der Waals surface area contributed by atoms with Crippen LogP contribution in [0.5, 0.6) is 0 Å². The molecule has 2 aliphatic rings. The number of hydrogen-bond acceptors (Lipinski definition) is 4. The van der Waals surface area contributed by atoms with Crippen LogP contribution in [0.25, 0.3) is 0 Å². The van der Waals surface area contributed by atoms with E-state index in [9.17, 15) is 0 Å². The van der Waals surface area contributed by atoms with Gasteiger partial charge in [0.15, 0.2) is 0 Å². The van der Waals surface area contributed by atoms with Crippen LogP contribution in [0.4, 0.5) is 5.82 Å². The summed E-state index contributed by atoms with van der Waals surface area (Å²) in [6, 6.07) is 2.96. The second-order valence-corrected chi connectivity index (χ2v) is 6.50. The van der Waals surface area contributed by atoms with Crippen LogP contribution < -0.4 is 4.90 Å². The Morgan fingerprint density at radius 3 is 2.48 bits per heavy atom. The Balaban J connectivity index is 1.63. The molecule has 0 amide bonds. The third kappa shape index (κ3) is 3.54. The smallest absolute Gasteiger partial charge is 0.132 e. The highest BCUT2D eigenvalue weighted by Gasteiger charge is 2.27. The molecule has 0 radical (unpaired) electrons. The molecule has 1 aromatic heterocycles. The molecule has 3 rings (SSSR count). The van der Waals surface area contributed by atoms with Crippen LogP contribution in [0, 0.1) is 6.92 Å². The molecule has 0 aliphatic carbocycles. The van der Waals surface area contributed by atoms with Gasteiger partial charge in [0, 0.05) is 37.3 Å². The zero-order valence-electron chi connectivity index (χ0n) is 13.5. The number of likely N-dealkylation sites (tertiary alicyclic amines) is 1. The lowest BCUT2D eigenvalue weighted by atomic mass is 10.0. The highest BCUT2D eigenvalue weighted by molar-refractivity contribution is 5.40. The number of anilines is 1. The normalized spacial score (nSPS) is 21.1. The topological polar surface area (TPSA) is 32.3 Å². The predicted molar refractivity (Wildman–Crippen MR) is 86.8 cm³/mol. The summed E-state index contributed by atoms with van der Waals surface area (Å²) >= 11 is 0. The quantitative estimate of drug-likeness (QED) is 0.853. The Bertz CT molecular complexity index is 460. The van der Waals surface area contributed by atoms with Crippen molar-refractivity contribution in [1.82, 2.24) is 14.9 Å². The molecule has 0 unspecified atom stereocenters. The fraction of sp³-hybridized carbons (Fsp3) is 0.765. The first kappa shape index (κ1) is 14.8. The molecule has 116 valence electrons. The van der Waals surface area contributed by atoms with Crippen LogP contribution in [-0.2, 0) is 6.42 Å². The van der Waals surface area contributed by atoms with Crippen molar-refractivity contribution in [2.24, 2.45) is 0 Å². The van der Waals surface area contributed by atoms with Gasteiger partial charge in [-0.3, -0.25) is 0 Å². The second kappa shape index (κ2) is 6.73. The highest BCUT2D eigenvalue weighted by atomic mass is 15.2. The number of aryl methyl sites for hydroxylation is 2. The summed E-state index contributed by atoms with van der Waals surface area (Å²) < 4.78 is 0. The van der Waals surface area contributed by atoms with Gasteiger partial charge in [-0.2, -0.15) is 0 Å². The zero-order chi connectivity index (χ0) is 14.7. The van der Waals surface area contributed by atoms with Crippen molar-refractivity contribution in [3.63, 3.8) is 0 Å². The Morgan fingerprint density at radius 2 is 1.81 bits per heavy atom. The second-order valence-electron chi connectivity index (χ2n) is 6.50. The lowest BCUT2D eigenvalue weighted by molar-refractivity contribution is 0.207. The van der Waals surface area contributed by atoms with Gasteiger partial charge >= 0.3 is 0 Å². The molecule has 0 atom stereocenters. The fourth-order valence-electron chi connectivity index (χ4n) is 3.68. The van der Waals surface area contributed by atoms with Gasteiger partial charge in [0.2, 0.25) is 0 Å². The average molecular weight is 288 g/mol. The van der Waals surface area contributed by atoms with Crippen LogP contribution in [0.2, 0.25) is 0 Å². The summed E-state index contributed by atoms with van der Waals surface area (Å²) in [5, 5.41) is 0. The minimum absolute atomic E-state index is 0.807. The van der Waals surface area contributed by atoms with E-state index in [1.54, 1.807) is 0 Å². The van der Waals surface area contributed by atoms with E-state index in [4.69, 9.17) is 4.98 Å². The minimum atomic E-state index is 0.807. The summed E-state index contributed by atoms with van der Waals surface area (Å²) in [6.45, 7) is 9.19. The zero-order valence-corrected chi connectivity index (χ0v) is 13.5. The molecular weight excluding hydrogens is 260 g/mol. The Hall–Kier alpha value is -1.16. The Labute approximate surface area is 128 Å². The van der Waals surface area contributed by atoms with E-state index in [1.807, 2.05) is 0 Å². The number of nitrogens with zero attached hydrogens (tertiary/aromatic N) is 4. The molecule has 4 heteroatoms. The van der Waals surface area contributed by atoms with Gasteiger partial charge in [-0.25, -0.2) is 9.97 Å². The third-order valence-corrected chi connectivity index (χ3v) is 4.81. The van der Waals surface area contributed by atoms with E-state index in [0.717, 1.165) is 49.3 Å². The van der Waals surface area contributed by atoms with Gasteiger partial charge in [-0.15, -0.1) is 0 Å². The molecule has 1 aromatic rings. The Kier molecular flexibility index (Phi) is 4.73. The van der Waals surface area contributed by atoms with Crippen molar-refractivity contribution >= 4 is 5.82 Å². The highest BCUT2D eigenvalue weighted by Crippen LogP contribution is 2.24. The molecule has 0 N–H and O–H groups in total. The fourth-order valence-corrected chi connectivity index (χ4v) is 3.68. The van der Waals surface area contributed by atoms with Gasteiger partial charge in [0.05, 0.1) is 0 Å². The maximum Gasteiger partial charge on any atom is 0.132 e. The van der Waals surface area contributed by atoms with E-state index < -0.39 is 0 Å². The third-order valence-electron chi connectivity index (χ3n) is 4.81. The van der Waals surface area contributed by atoms with Crippen LogP contribution in [0.15, 0.2) is 6.07 Å². The van der Waals surface area contributed by atoms with Crippen molar-refractivity contribution in [3.8, 4) is 0 Å². The number of hydrogen-bond donors (Lipinski definition) is 0. The molecule has 21 heavy (non-hydrogen) atoms. The molecule has 0 aromatic carbocycles. The van der Waals surface area contributed by atoms with E-state index in [-0.39, 0.29) is 0 Å². The van der Waals surface area contributed by atoms with Crippen LogP contribution in [-0.4, -0.2) is 47.1 Å². The van der Waals surface area contributed by atoms with Crippen molar-refractivity contribution in [1.29, 1.82) is 0 Å². The first-order valence-electron chi connectivity index (χ1n) is 8.60. The molecule has 0 bridgehead atoms. The summed E-state index contributed by atoms with van der Waals surface area (Å²) in [6.07, 6.45) is 7.45.